The van der Waals surface area contributed by atoms with E-state index in [4.69, 9.17) is 30.2 Å². The van der Waals surface area contributed by atoms with Crippen molar-refractivity contribution in [3.8, 4) is 11.8 Å². The molecule has 1 fully saturated rings. The molecule has 0 aliphatic carbocycles. The Kier molecular flexibility index (Phi) is 8.23. The minimum Gasteiger partial charge on any atom is -0.484 e. The zero-order valence-corrected chi connectivity index (χ0v) is 17.3. The second-order valence-electron chi connectivity index (χ2n) is 6.77. The third-order valence-corrected chi connectivity index (χ3v) is 4.79. The third kappa shape index (κ3) is 6.54. The first-order valence-electron chi connectivity index (χ1n) is 9.61. The van der Waals surface area contributed by atoms with E-state index in [0.29, 0.717) is 32.1 Å². The molecule has 0 spiro atoms. The fraction of sp³-hybridized carbons (Fsp3) is 0.526. The lowest BCUT2D eigenvalue weighted by atomic mass is 10.0. The van der Waals surface area contributed by atoms with Gasteiger partial charge < -0.3 is 29.3 Å². The third-order valence-electron chi connectivity index (χ3n) is 4.48. The normalized spacial score (nSPS) is 18.8. The van der Waals surface area contributed by atoms with Gasteiger partial charge in [0.15, 0.2) is 6.61 Å². The molecule has 0 unspecified atom stereocenters. The Labute approximate surface area is 178 Å². The SMILES string of the molecule is COCCCOc1nnc([C@H]2CC[C@H](NC(=O)COc3ccc(Cl)c(F)c3)CN2)o1. The van der Waals surface area contributed by atoms with Gasteiger partial charge in [-0.25, -0.2) is 4.39 Å². The minimum absolute atomic E-state index is 0.000610. The number of carbonyl (C=O) groups is 1. The van der Waals surface area contributed by atoms with Gasteiger partial charge in [-0.1, -0.05) is 16.7 Å². The lowest BCUT2D eigenvalue weighted by Crippen LogP contribution is -2.48. The second-order valence-corrected chi connectivity index (χ2v) is 7.18. The number of rotatable bonds is 10. The van der Waals surface area contributed by atoms with Crippen LogP contribution in [0.5, 0.6) is 11.8 Å². The van der Waals surface area contributed by atoms with Crippen LogP contribution in [0.4, 0.5) is 4.39 Å². The molecule has 9 nitrogen and oxygen atoms in total. The van der Waals surface area contributed by atoms with Crippen LogP contribution in [0.25, 0.3) is 0 Å². The largest absolute Gasteiger partial charge is 0.484 e. The highest BCUT2D eigenvalue weighted by Crippen LogP contribution is 2.24. The molecule has 0 radical (unpaired) electrons. The number of benzene rings is 1. The number of halogens is 2. The molecule has 1 aromatic carbocycles. The highest BCUT2D eigenvalue weighted by Gasteiger charge is 2.27. The van der Waals surface area contributed by atoms with Crippen molar-refractivity contribution in [3.63, 3.8) is 0 Å². The molecule has 2 aromatic rings. The van der Waals surface area contributed by atoms with Crippen LogP contribution in [-0.4, -0.2) is 55.6 Å². The predicted octanol–water partition coefficient (Wildman–Crippen LogP) is 2.27. The Morgan fingerprint density at radius 2 is 2.20 bits per heavy atom. The van der Waals surface area contributed by atoms with Gasteiger partial charge in [-0.15, -0.1) is 5.10 Å². The van der Waals surface area contributed by atoms with Crippen molar-refractivity contribution in [2.45, 2.75) is 31.3 Å². The van der Waals surface area contributed by atoms with E-state index in [9.17, 15) is 9.18 Å². The number of hydrogen-bond donors (Lipinski definition) is 2. The Bertz CT molecular complexity index is 829. The smallest absolute Gasteiger partial charge is 0.414 e. The molecule has 0 bridgehead atoms. The van der Waals surface area contributed by atoms with Crippen LogP contribution in [0.2, 0.25) is 5.02 Å². The van der Waals surface area contributed by atoms with E-state index in [-0.39, 0.29) is 41.4 Å². The van der Waals surface area contributed by atoms with E-state index in [1.807, 2.05) is 0 Å². The summed E-state index contributed by atoms with van der Waals surface area (Å²) in [7, 11) is 1.63. The number of ether oxygens (including phenoxy) is 3. The van der Waals surface area contributed by atoms with Crippen molar-refractivity contribution in [1.82, 2.24) is 20.8 Å². The second kappa shape index (κ2) is 11.1. The van der Waals surface area contributed by atoms with Crippen LogP contribution in [0.3, 0.4) is 0 Å². The van der Waals surface area contributed by atoms with Gasteiger partial charge in [-0.2, -0.15) is 0 Å². The fourth-order valence-electron chi connectivity index (χ4n) is 2.96. The average molecular weight is 443 g/mol. The van der Waals surface area contributed by atoms with Crippen LogP contribution in [0.1, 0.15) is 31.2 Å². The highest BCUT2D eigenvalue weighted by molar-refractivity contribution is 6.30. The Morgan fingerprint density at radius 3 is 2.93 bits per heavy atom. The van der Waals surface area contributed by atoms with Crippen molar-refractivity contribution in [1.29, 1.82) is 0 Å². The van der Waals surface area contributed by atoms with Gasteiger partial charge in [0.25, 0.3) is 5.91 Å². The summed E-state index contributed by atoms with van der Waals surface area (Å²) in [5.41, 5.74) is 0. The molecular formula is C19H24ClFN4O5. The number of nitrogens with one attached hydrogen (secondary N) is 2. The summed E-state index contributed by atoms with van der Waals surface area (Å²) in [5, 5.41) is 14.1. The first-order chi connectivity index (χ1) is 14.5. The summed E-state index contributed by atoms with van der Waals surface area (Å²) < 4.78 is 34.6. The van der Waals surface area contributed by atoms with Crippen molar-refractivity contribution in [2.75, 3.05) is 33.5 Å². The zero-order valence-electron chi connectivity index (χ0n) is 16.5. The van der Waals surface area contributed by atoms with Crippen molar-refractivity contribution >= 4 is 17.5 Å². The van der Waals surface area contributed by atoms with Crippen LogP contribution in [0.15, 0.2) is 22.6 Å². The van der Waals surface area contributed by atoms with Crippen molar-refractivity contribution in [3.05, 3.63) is 34.9 Å². The summed E-state index contributed by atoms with van der Waals surface area (Å²) >= 11 is 5.62. The van der Waals surface area contributed by atoms with Gasteiger partial charge in [0.05, 0.1) is 17.7 Å². The van der Waals surface area contributed by atoms with Gasteiger partial charge in [-0.3, -0.25) is 4.79 Å². The number of aromatic nitrogens is 2. The average Bonchev–Trinajstić information content (AvgIpc) is 3.21. The lowest BCUT2D eigenvalue weighted by molar-refractivity contribution is -0.124. The molecule has 2 atom stereocenters. The van der Waals surface area contributed by atoms with Crippen molar-refractivity contribution in [2.24, 2.45) is 0 Å². The summed E-state index contributed by atoms with van der Waals surface area (Å²) in [6, 6.07) is 3.86. The Morgan fingerprint density at radius 1 is 1.33 bits per heavy atom. The molecule has 30 heavy (non-hydrogen) atoms. The maximum Gasteiger partial charge on any atom is 0.414 e. The van der Waals surface area contributed by atoms with Crippen LogP contribution in [-0.2, 0) is 9.53 Å². The first kappa shape index (κ1) is 22.3. The highest BCUT2D eigenvalue weighted by atomic mass is 35.5. The van der Waals surface area contributed by atoms with Gasteiger partial charge >= 0.3 is 6.08 Å². The maximum atomic E-state index is 13.4. The molecule has 2 heterocycles. The Balaban J connectivity index is 1.37. The standard InChI is InChI=1S/C19H24ClFN4O5/c1-27-7-2-8-28-19-25-24-18(30-19)16-6-3-12(10-22-16)23-17(26)11-29-13-4-5-14(20)15(21)9-13/h4-5,9,12,16,22H,2-3,6-8,10-11H2,1H3,(H,23,26)/t12-,16+/m0/s1. The van der Waals surface area contributed by atoms with Crippen molar-refractivity contribution < 1.29 is 27.8 Å². The van der Waals surface area contributed by atoms with Gasteiger partial charge in [-0.05, 0) is 25.0 Å². The van der Waals surface area contributed by atoms with E-state index >= 15 is 0 Å². The minimum atomic E-state index is -0.596. The number of amides is 1. The number of piperidine rings is 1. The quantitative estimate of drug-likeness (QED) is 0.539. The van der Waals surface area contributed by atoms with Gasteiger partial charge in [0.1, 0.15) is 11.6 Å². The van der Waals surface area contributed by atoms with Crippen LogP contribution >= 0.6 is 11.6 Å². The fourth-order valence-corrected chi connectivity index (χ4v) is 3.08. The number of carbonyl (C=O) groups excluding carboxylic acids is 1. The topological polar surface area (TPSA) is 108 Å². The molecule has 11 heteroatoms. The molecule has 2 N–H and O–H groups in total. The number of methoxy groups -OCH3 is 1. The van der Waals surface area contributed by atoms with Crippen LogP contribution < -0.4 is 20.1 Å². The predicted molar refractivity (Wildman–Crippen MR) is 105 cm³/mol. The monoisotopic (exact) mass is 442 g/mol. The molecular weight excluding hydrogens is 419 g/mol. The van der Waals surface area contributed by atoms with E-state index in [1.54, 1.807) is 7.11 Å². The summed E-state index contributed by atoms with van der Waals surface area (Å²) in [4.78, 5) is 12.1. The molecule has 164 valence electrons. The number of nitrogens with zero attached hydrogens (tertiary/aromatic N) is 2. The molecule has 1 aliphatic heterocycles. The molecule has 3 rings (SSSR count). The van der Waals surface area contributed by atoms with Gasteiger partial charge in [0, 0.05) is 38.8 Å². The van der Waals surface area contributed by atoms with E-state index < -0.39 is 5.82 Å². The van der Waals surface area contributed by atoms with E-state index in [2.05, 4.69) is 20.8 Å². The molecule has 1 saturated heterocycles. The number of hydrogen-bond acceptors (Lipinski definition) is 8. The summed E-state index contributed by atoms with van der Waals surface area (Å²) in [6.07, 6.45) is 2.30. The lowest BCUT2D eigenvalue weighted by Gasteiger charge is -2.28. The molecule has 0 saturated carbocycles. The molecule has 1 aliphatic rings. The van der Waals surface area contributed by atoms with Crippen LogP contribution in [0, 0.1) is 5.82 Å². The first-order valence-corrected chi connectivity index (χ1v) is 9.98. The Hall–Kier alpha value is -2.43. The molecule has 1 amide bonds. The van der Waals surface area contributed by atoms with E-state index in [1.165, 1.54) is 12.1 Å². The summed E-state index contributed by atoms with van der Waals surface area (Å²) in [6.45, 7) is 1.36. The summed E-state index contributed by atoms with van der Waals surface area (Å²) in [5.74, 6) is -0.193. The maximum absolute atomic E-state index is 13.4. The molecule has 1 aromatic heterocycles. The van der Waals surface area contributed by atoms with E-state index in [0.717, 1.165) is 18.9 Å². The van der Waals surface area contributed by atoms with Gasteiger partial charge in [0.2, 0.25) is 5.89 Å². The zero-order chi connectivity index (χ0) is 21.3.